The molecule has 0 saturated carbocycles. The van der Waals surface area contributed by atoms with Crippen LogP contribution < -0.4 is 4.74 Å². The maximum atomic E-state index is 12.7. The van der Waals surface area contributed by atoms with Crippen LogP contribution in [0.2, 0.25) is 0 Å². The van der Waals surface area contributed by atoms with Gasteiger partial charge in [-0.15, -0.1) is 0 Å². The summed E-state index contributed by atoms with van der Waals surface area (Å²) in [5.74, 6) is -0.265. The number of carbonyl (C=O) groups is 2. The van der Waals surface area contributed by atoms with Crippen LogP contribution in [0.3, 0.4) is 0 Å². The van der Waals surface area contributed by atoms with Crippen molar-refractivity contribution in [3.05, 3.63) is 83.1 Å². The van der Waals surface area contributed by atoms with E-state index in [0.29, 0.717) is 22.6 Å². The molecular formula is C23H18O6. The molecule has 1 aliphatic carbocycles. The number of esters is 2. The average Bonchev–Trinajstić information content (AvgIpc) is 3.01. The van der Waals surface area contributed by atoms with Crippen molar-refractivity contribution in [3.63, 3.8) is 0 Å². The van der Waals surface area contributed by atoms with Gasteiger partial charge in [-0.3, -0.25) is 4.79 Å². The Morgan fingerprint density at radius 2 is 2.03 bits per heavy atom. The predicted octanol–water partition coefficient (Wildman–Crippen LogP) is 3.59. The summed E-state index contributed by atoms with van der Waals surface area (Å²) in [5, 5.41) is 9.98. The maximum absolute atomic E-state index is 12.7. The maximum Gasteiger partial charge on any atom is 0.339 e. The van der Waals surface area contributed by atoms with Crippen molar-refractivity contribution in [2.45, 2.75) is 25.0 Å². The van der Waals surface area contributed by atoms with Gasteiger partial charge >= 0.3 is 11.9 Å². The minimum Gasteiger partial charge on any atom is -0.508 e. The number of carbonyl (C=O) groups excluding carboxylic acids is 2. The van der Waals surface area contributed by atoms with Gasteiger partial charge in [0, 0.05) is 23.6 Å². The van der Waals surface area contributed by atoms with E-state index < -0.39 is 17.7 Å². The summed E-state index contributed by atoms with van der Waals surface area (Å²) in [4.78, 5) is 24.4. The zero-order valence-corrected chi connectivity index (χ0v) is 15.6. The molecule has 0 bridgehead atoms. The summed E-state index contributed by atoms with van der Waals surface area (Å²) in [5.41, 5.74) is 0.837. The Bertz CT molecular complexity index is 1100. The van der Waals surface area contributed by atoms with Crippen LogP contribution in [0.25, 0.3) is 0 Å². The van der Waals surface area contributed by atoms with Gasteiger partial charge in [0.1, 0.15) is 23.4 Å². The molecule has 1 N–H and O–H groups in total. The van der Waals surface area contributed by atoms with E-state index in [1.165, 1.54) is 6.07 Å². The molecular weight excluding hydrogens is 372 g/mol. The number of ether oxygens (including phenoxy) is 3. The number of phenols is 1. The van der Waals surface area contributed by atoms with Gasteiger partial charge in [0.15, 0.2) is 5.60 Å². The fourth-order valence-electron chi connectivity index (χ4n) is 4.31. The number of fused-ring (bicyclic) bond motifs is 6. The normalized spacial score (nSPS) is 26.0. The van der Waals surface area contributed by atoms with Crippen LogP contribution in [0.4, 0.5) is 0 Å². The standard InChI is InChI=1S/C23H18O6/c1-2-21(25)27-14-8-10-18-20(12-14)28-19-11-13(24)7-9-17(19)23(18)16-6-4-3-5-15(16)22(26)29-23/h3-12,18,20,24H,2H2,1H3. The lowest BCUT2D eigenvalue weighted by molar-refractivity contribution is -0.138. The van der Waals surface area contributed by atoms with Crippen molar-refractivity contribution in [1.82, 2.24) is 0 Å². The van der Waals surface area contributed by atoms with Crippen LogP contribution in [0.5, 0.6) is 11.5 Å². The van der Waals surface area contributed by atoms with E-state index in [9.17, 15) is 14.7 Å². The molecule has 0 radical (unpaired) electrons. The Morgan fingerprint density at radius 1 is 1.21 bits per heavy atom. The predicted molar refractivity (Wildman–Crippen MR) is 102 cm³/mol. The van der Waals surface area contributed by atoms with Gasteiger partial charge in [-0.05, 0) is 30.4 Å². The second-order valence-electron chi connectivity index (χ2n) is 7.22. The van der Waals surface area contributed by atoms with E-state index in [0.717, 1.165) is 5.56 Å². The van der Waals surface area contributed by atoms with Gasteiger partial charge in [0.2, 0.25) is 0 Å². The van der Waals surface area contributed by atoms with Gasteiger partial charge in [-0.2, -0.15) is 0 Å². The fourth-order valence-corrected chi connectivity index (χ4v) is 4.31. The molecule has 1 spiro atoms. The molecule has 2 aromatic carbocycles. The Morgan fingerprint density at radius 3 is 2.86 bits per heavy atom. The highest BCUT2D eigenvalue weighted by Gasteiger charge is 2.58. The fraction of sp³-hybridized carbons (Fsp3) is 0.217. The van der Waals surface area contributed by atoms with Crippen molar-refractivity contribution >= 4 is 11.9 Å². The first-order valence-corrected chi connectivity index (χ1v) is 9.46. The first kappa shape index (κ1) is 17.6. The summed E-state index contributed by atoms with van der Waals surface area (Å²) in [6, 6.07) is 12.1. The van der Waals surface area contributed by atoms with Crippen molar-refractivity contribution < 1.29 is 28.9 Å². The van der Waals surface area contributed by atoms with Crippen LogP contribution in [0.15, 0.2) is 66.5 Å². The molecule has 2 heterocycles. The summed E-state index contributed by atoms with van der Waals surface area (Å²) in [6.45, 7) is 1.72. The number of benzene rings is 2. The molecule has 2 aromatic rings. The third kappa shape index (κ3) is 2.49. The molecule has 5 rings (SSSR count). The summed E-state index contributed by atoms with van der Waals surface area (Å²) in [6.07, 6.45) is 4.98. The van der Waals surface area contributed by atoms with E-state index in [4.69, 9.17) is 14.2 Å². The van der Waals surface area contributed by atoms with Crippen LogP contribution in [0.1, 0.15) is 34.8 Å². The van der Waals surface area contributed by atoms with Crippen molar-refractivity contribution in [2.75, 3.05) is 0 Å². The largest absolute Gasteiger partial charge is 0.508 e. The van der Waals surface area contributed by atoms with Gasteiger partial charge in [-0.25, -0.2) is 4.79 Å². The molecule has 3 aliphatic rings. The van der Waals surface area contributed by atoms with Crippen LogP contribution in [-0.4, -0.2) is 23.1 Å². The van der Waals surface area contributed by atoms with Gasteiger partial charge in [-0.1, -0.05) is 31.2 Å². The number of rotatable bonds is 2. The Kier molecular flexibility index (Phi) is 3.77. The Hall–Kier alpha value is -3.54. The first-order chi connectivity index (χ1) is 14.0. The lowest BCUT2D eigenvalue weighted by atomic mass is 9.70. The third-order valence-electron chi connectivity index (χ3n) is 5.57. The molecule has 6 heteroatoms. The number of hydrogen-bond acceptors (Lipinski definition) is 6. The van der Waals surface area contributed by atoms with E-state index in [1.807, 2.05) is 18.2 Å². The Labute approximate surface area is 167 Å². The minimum absolute atomic E-state index is 0.0444. The zero-order chi connectivity index (χ0) is 20.2. The van der Waals surface area contributed by atoms with E-state index in [2.05, 4.69) is 0 Å². The Balaban J connectivity index is 1.69. The quantitative estimate of drug-likeness (QED) is 0.790. The molecule has 3 atom stereocenters. The number of hydrogen-bond donors (Lipinski definition) is 1. The molecule has 146 valence electrons. The number of allylic oxidation sites excluding steroid dienone is 1. The van der Waals surface area contributed by atoms with Crippen molar-refractivity contribution in [2.24, 2.45) is 5.92 Å². The lowest BCUT2D eigenvalue weighted by Crippen LogP contribution is -2.48. The highest BCUT2D eigenvalue weighted by Crippen LogP contribution is 2.56. The summed E-state index contributed by atoms with van der Waals surface area (Å²) in [7, 11) is 0. The SMILES string of the molecule is CCC(=O)OC1=CC2Oc3cc(O)ccc3C3(OC(=O)c4ccccc43)C2C=C1. The number of aromatic hydroxyl groups is 1. The second-order valence-corrected chi connectivity index (χ2v) is 7.22. The lowest BCUT2D eigenvalue weighted by Gasteiger charge is -2.45. The van der Waals surface area contributed by atoms with Gasteiger partial charge in [0.25, 0.3) is 0 Å². The highest BCUT2D eigenvalue weighted by molar-refractivity contribution is 5.96. The topological polar surface area (TPSA) is 82.1 Å². The average molecular weight is 390 g/mol. The second kappa shape index (κ2) is 6.24. The van der Waals surface area contributed by atoms with E-state index >= 15 is 0 Å². The molecule has 0 amide bonds. The highest BCUT2D eigenvalue weighted by atomic mass is 16.6. The molecule has 2 aliphatic heterocycles. The van der Waals surface area contributed by atoms with Crippen molar-refractivity contribution in [1.29, 1.82) is 0 Å². The van der Waals surface area contributed by atoms with Crippen LogP contribution in [0, 0.1) is 5.92 Å². The molecule has 0 aromatic heterocycles. The molecule has 0 saturated heterocycles. The summed E-state index contributed by atoms with van der Waals surface area (Å²) >= 11 is 0. The molecule has 3 unspecified atom stereocenters. The number of phenolic OH excluding ortho intramolecular Hbond substituents is 1. The van der Waals surface area contributed by atoms with E-state index in [-0.39, 0.29) is 24.1 Å². The molecule has 29 heavy (non-hydrogen) atoms. The monoisotopic (exact) mass is 390 g/mol. The molecule has 6 nitrogen and oxygen atoms in total. The van der Waals surface area contributed by atoms with Gasteiger partial charge < -0.3 is 19.3 Å². The smallest absolute Gasteiger partial charge is 0.339 e. The summed E-state index contributed by atoms with van der Waals surface area (Å²) < 4.78 is 17.5. The van der Waals surface area contributed by atoms with E-state index in [1.54, 1.807) is 43.3 Å². The van der Waals surface area contributed by atoms with Gasteiger partial charge in [0.05, 0.1) is 11.5 Å². The van der Waals surface area contributed by atoms with Crippen LogP contribution >= 0.6 is 0 Å². The van der Waals surface area contributed by atoms with Crippen LogP contribution in [-0.2, 0) is 19.9 Å². The van der Waals surface area contributed by atoms with Crippen molar-refractivity contribution in [3.8, 4) is 11.5 Å². The molecule has 0 fully saturated rings. The third-order valence-corrected chi connectivity index (χ3v) is 5.57. The zero-order valence-electron chi connectivity index (χ0n) is 15.6. The first-order valence-electron chi connectivity index (χ1n) is 9.46. The minimum atomic E-state index is -1.09.